The molecule has 4 nitrogen and oxygen atoms in total. The van der Waals surface area contributed by atoms with Gasteiger partial charge in [-0.15, -0.1) is 11.3 Å². The van der Waals surface area contributed by atoms with E-state index in [2.05, 4.69) is 27.9 Å². The van der Waals surface area contributed by atoms with Crippen molar-refractivity contribution in [2.24, 2.45) is 5.92 Å². The van der Waals surface area contributed by atoms with Crippen LogP contribution in [0.15, 0.2) is 20.1 Å². The number of piperidine rings is 2. The van der Waals surface area contributed by atoms with Crippen molar-refractivity contribution in [3.63, 3.8) is 0 Å². The highest BCUT2D eigenvalue weighted by atomic mass is 79.9. The van der Waals surface area contributed by atoms with E-state index in [9.17, 15) is 8.42 Å². The molecule has 0 N–H and O–H groups in total. The summed E-state index contributed by atoms with van der Waals surface area (Å²) < 4.78 is 28.3. The number of hydrogen-bond acceptors (Lipinski definition) is 4. The number of thiophene rings is 1. The van der Waals surface area contributed by atoms with Gasteiger partial charge in [0.05, 0.1) is 3.79 Å². The molecule has 7 heteroatoms. The average Bonchev–Trinajstić information content (AvgIpc) is 2.86. The van der Waals surface area contributed by atoms with Gasteiger partial charge in [-0.1, -0.05) is 0 Å². The Kier molecular flexibility index (Phi) is 4.25. The zero-order chi connectivity index (χ0) is 14.3. The second-order valence-electron chi connectivity index (χ2n) is 5.66. The molecule has 1 aromatic heterocycles. The van der Waals surface area contributed by atoms with Crippen LogP contribution in [-0.2, 0) is 10.0 Å². The molecular weight excluding hydrogens is 360 g/mol. The number of rotatable bonds is 2. The molecule has 0 bridgehead atoms. The van der Waals surface area contributed by atoms with Gasteiger partial charge in [-0.05, 0) is 66.8 Å². The Labute approximate surface area is 132 Å². The van der Waals surface area contributed by atoms with Crippen LogP contribution >= 0.6 is 27.3 Å². The smallest absolute Gasteiger partial charge is 0.252 e. The monoisotopic (exact) mass is 378 g/mol. The summed E-state index contributed by atoms with van der Waals surface area (Å²) in [4.78, 5) is 2.40. The van der Waals surface area contributed by atoms with Gasteiger partial charge in [-0.2, -0.15) is 4.31 Å². The Bertz CT molecular complexity index is 587. The van der Waals surface area contributed by atoms with Gasteiger partial charge < -0.3 is 4.90 Å². The second-order valence-corrected chi connectivity index (χ2v) is 10.3. The number of hydrogen-bond donors (Lipinski definition) is 0. The molecule has 2 aliphatic heterocycles. The van der Waals surface area contributed by atoms with Crippen LogP contribution in [-0.4, -0.2) is 50.3 Å². The second kappa shape index (κ2) is 5.68. The van der Waals surface area contributed by atoms with Crippen molar-refractivity contribution < 1.29 is 8.42 Å². The van der Waals surface area contributed by atoms with Crippen LogP contribution in [0.2, 0.25) is 0 Å². The molecule has 0 aromatic carbocycles. The first kappa shape index (κ1) is 15.0. The molecule has 2 atom stereocenters. The van der Waals surface area contributed by atoms with Gasteiger partial charge in [0.25, 0.3) is 10.0 Å². The van der Waals surface area contributed by atoms with Crippen molar-refractivity contribution in [1.29, 1.82) is 0 Å². The van der Waals surface area contributed by atoms with Crippen LogP contribution in [0.5, 0.6) is 0 Å². The summed E-state index contributed by atoms with van der Waals surface area (Å²) in [5.41, 5.74) is 0. The number of sulfonamides is 1. The molecule has 1 aromatic rings. The number of nitrogens with zero attached hydrogens (tertiary/aromatic N) is 2. The minimum atomic E-state index is -3.31. The van der Waals surface area contributed by atoms with E-state index in [0.717, 1.165) is 23.2 Å². The summed E-state index contributed by atoms with van der Waals surface area (Å²) in [5.74, 6) is 0.487. The summed E-state index contributed by atoms with van der Waals surface area (Å²) in [6.45, 7) is 2.46. The highest BCUT2D eigenvalue weighted by molar-refractivity contribution is 9.11. The van der Waals surface area contributed by atoms with Crippen LogP contribution < -0.4 is 0 Å². The molecule has 112 valence electrons. The van der Waals surface area contributed by atoms with E-state index in [0.29, 0.717) is 29.3 Å². The maximum absolute atomic E-state index is 12.7. The predicted octanol–water partition coefficient (Wildman–Crippen LogP) is 2.62. The molecule has 3 rings (SSSR count). The largest absolute Gasteiger partial charge is 0.303 e. The summed E-state index contributed by atoms with van der Waals surface area (Å²) in [6, 6.07) is 4.06. The van der Waals surface area contributed by atoms with Gasteiger partial charge in [-0.25, -0.2) is 8.42 Å². The van der Waals surface area contributed by atoms with Crippen molar-refractivity contribution in [1.82, 2.24) is 9.21 Å². The Morgan fingerprint density at radius 1 is 1.30 bits per heavy atom. The van der Waals surface area contributed by atoms with E-state index in [1.807, 2.05) is 0 Å². The van der Waals surface area contributed by atoms with Gasteiger partial charge in [0.2, 0.25) is 0 Å². The lowest BCUT2D eigenvalue weighted by Gasteiger charge is -2.45. The first-order chi connectivity index (χ1) is 9.48. The fourth-order valence-electron chi connectivity index (χ4n) is 3.40. The summed E-state index contributed by atoms with van der Waals surface area (Å²) >= 11 is 4.64. The van der Waals surface area contributed by atoms with E-state index >= 15 is 0 Å². The van der Waals surface area contributed by atoms with E-state index in [1.54, 1.807) is 16.4 Å². The van der Waals surface area contributed by atoms with Gasteiger partial charge in [0, 0.05) is 19.1 Å². The third kappa shape index (κ3) is 2.70. The molecule has 20 heavy (non-hydrogen) atoms. The number of fused-ring (bicyclic) bond motifs is 1. The van der Waals surface area contributed by atoms with E-state index < -0.39 is 10.0 Å². The molecule has 0 spiro atoms. The predicted molar refractivity (Wildman–Crippen MR) is 84.5 cm³/mol. The Morgan fingerprint density at radius 2 is 2.10 bits per heavy atom. The molecular formula is C13H19BrN2O2S2. The fraction of sp³-hybridized carbons (Fsp3) is 0.692. The Hall–Kier alpha value is 0.0500. The summed E-state index contributed by atoms with van der Waals surface area (Å²) in [5, 5.41) is 0. The lowest BCUT2D eigenvalue weighted by Crippen LogP contribution is -2.53. The maximum atomic E-state index is 12.7. The summed E-state index contributed by atoms with van der Waals surface area (Å²) in [7, 11) is -1.14. The molecule has 3 heterocycles. The molecule has 0 amide bonds. The molecule has 2 aliphatic rings. The third-order valence-corrected chi connectivity index (χ3v) is 8.41. The molecule has 2 fully saturated rings. The lowest BCUT2D eigenvalue weighted by atomic mass is 9.85. The normalized spacial score (nSPS) is 29.3. The van der Waals surface area contributed by atoms with Gasteiger partial charge >= 0.3 is 0 Å². The van der Waals surface area contributed by atoms with E-state index in [1.165, 1.54) is 17.8 Å². The standard InChI is InChI=1S/C13H19BrN2O2S2/c1-15-7-2-3-10-9-16(8-6-11(10)15)20(17,18)13-5-4-12(14)19-13/h4-5,10-11H,2-3,6-9H2,1H3. The van der Waals surface area contributed by atoms with Crippen LogP contribution in [0.3, 0.4) is 0 Å². The van der Waals surface area contributed by atoms with Gasteiger partial charge in [0.1, 0.15) is 4.21 Å². The van der Waals surface area contributed by atoms with Gasteiger partial charge in [-0.3, -0.25) is 0 Å². The van der Waals surface area contributed by atoms with E-state index in [4.69, 9.17) is 0 Å². The fourth-order valence-corrected chi connectivity index (χ4v) is 7.08. The minimum absolute atomic E-state index is 0.451. The zero-order valence-electron chi connectivity index (χ0n) is 11.5. The average molecular weight is 379 g/mol. The molecule has 2 unspecified atom stereocenters. The Balaban J connectivity index is 1.79. The molecule has 0 aliphatic carbocycles. The highest BCUT2D eigenvalue weighted by Gasteiger charge is 2.38. The first-order valence-corrected chi connectivity index (χ1v) is 9.99. The SMILES string of the molecule is CN1CCCC2CN(S(=O)(=O)c3ccc(Br)s3)CCC21. The topological polar surface area (TPSA) is 40.6 Å². The van der Waals surface area contributed by atoms with Crippen molar-refractivity contribution in [3.8, 4) is 0 Å². The van der Waals surface area contributed by atoms with Crippen molar-refractivity contribution in [2.45, 2.75) is 29.5 Å². The third-order valence-electron chi connectivity index (χ3n) is 4.45. The zero-order valence-corrected chi connectivity index (χ0v) is 14.7. The van der Waals surface area contributed by atoms with Crippen LogP contribution in [0, 0.1) is 5.92 Å². The van der Waals surface area contributed by atoms with Crippen molar-refractivity contribution in [3.05, 3.63) is 15.9 Å². The summed E-state index contributed by atoms with van der Waals surface area (Å²) in [6.07, 6.45) is 3.28. The quantitative estimate of drug-likeness (QED) is 0.793. The molecule has 0 radical (unpaired) electrons. The Morgan fingerprint density at radius 3 is 2.80 bits per heavy atom. The number of halogens is 1. The van der Waals surface area contributed by atoms with Crippen LogP contribution in [0.4, 0.5) is 0 Å². The molecule has 0 saturated carbocycles. The van der Waals surface area contributed by atoms with Crippen LogP contribution in [0.25, 0.3) is 0 Å². The maximum Gasteiger partial charge on any atom is 0.252 e. The van der Waals surface area contributed by atoms with Crippen LogP contribution in [0.1, 0.15) is 19.3 Å². The van der Waals surface area contributed by atoms with Crippen molar-refractivity contribution >= 4 is 37.3 Å². The lowest BCUT2D eigenvalue weighted by molar-refractivity contribution is 0.0672. The minimum Gasteiger partial charge on any atom is -0.303 e. The first-order valence-electron chi connectivity index (χ1n) is 6.94. The molecule has 2 saturated heterocycles. The number of likely N-dealkylation sites (tertiary alicyclic amines) is 1. The highest BCUT2D eigenvalue weighted by Crippen LogP contribution is 2.34. The van der Waals surface area contributed by atoms with E-state index in [-0.39, 0.29) is 0 Å². The van der Waals surface area contributed by atoms with Crippen molar-refractivity contribution in [2.75, 3.05) is 26.7 Å². The van der Waals surface area contributed by atoms with Gasteiger partial charge in [0.15, 0.2) is 0 Å².